The summed E-state index contributed by atoms with van der Waals surface area (Å²) in [6.45, 7) is 15.8. The lowest BCUT2D eigenvalue weighted by molar-refractivity contribution is 0.0870. The zero-order chi connectivity index (χ0) is 22.8. The van der Waals surface area contributed by atoms with E-state index in [4.69, 9.17) is 9.41 Å². The van der Waals surface area contributed by atoms with E-state index >= 15 is 0 Å². The second-order valence-electron chi connectivity index (χ2n) is 9.80. The van der Waals surface area contributed by atoms with Gasteiger partial charge in [-0.05, 0) is 79.2 Å². The van der Waals surface area contributed by atoms with Gasteiger partial charge >= 0.3 is 0 Å². The van der Waals surface area contributed by atoms with E-state index < -0.39 is 9.04 Å². The molecule has 0 fully saturated rings. The molecular weight excluding hydrogens is 462 g/mol. The van der Waals surface area contributed by atoms with Crippen LogP contribution in [0.1, 0.15) is 68.2 Å². The summed E-state index contributed by atoms with van der Waals surface area (Å²) in [7, 11) is -0.886. The van der Waals surface area contributed by atoms with Gasteiger partial charge in [0.1, 0.15) is 0 Å². The Labute approximate surface area is 198 Å². The van der Waals surface area contributed by atoms with Gasteiger partial charge < -0.3 is 4.43 Å². The molecule has 31 heavy (non-hydrogen) atoms. The van der Waals surface area contributed by atoms with E-state index in [0.717, 1.165) is 29.3 Å². The molecule has 1 aromatic heterocycles. The molecule has 1 unspecified atom stereocenters. The zero-order valence-corrected chi connectivity index (χ0v) is 22.6. The minimum Gasteiger partial charge on any atom is -0.410 e. The number of nitrogens with zero attached hydrogens (tertiary/aromatic N) is 1. The SMILES string of the molecule is CCCc1nc2ccc(C)cc2c(C(O[Si](C)C)C(C)(C)C)c1Cc1ccc(Br)cc1. The maximum Gasteiger partial charge on any atom is 0.205 e. The van der Waals surface area contributed by atoms with E-state index in [1.807, 2.05) is 0 Å². The van der Waals surface area contributed by atoms with Crippen molar-refractivity contribution in [2.24, 2.45) is 5.41 Å². The summed E-state index contributed by atoms with van der Waals surface area (Å²) < 4.78 is 7.85. The van der Waals surface area contributed by atoms with Gasteiger partial charge in [0.05, 0.1) is 11.6 Å². The third-order valence-electron chi connectivity index (χ3n) is 5.55. The fourth-order valence-electron chi connectivity index (χ4n) is 4.15. The molecule has 165 valence electrons. The standard InChI is InChI=1S/C27H35BrNOSi/c1-8-9-23-22(17-19-11-13-20(28)14-12-19)25(26(27(3,4)5)30-31(6)7)21-16-18(2)10-15-24(21)29-23/h10-16,26H,8-9,17H2,1-7H3. The predicted octanol–water partition coefficient (Wildman–Crippen LogP) is 8.20. The number of benzene rings is 2. The molecule has 3 rings (SSSR count). The van der Waals surface area contributed by atoms with Crippen molar-refractivity contribution in [3.05, 3.63) is 74.9 Å². The van der Waals surface area contributed by atoms with Crippen molar-refractivity contribution in [1.82, 2.24) is 4.98 Å². The highest BCUT2D eigenvalue weighted by Gasteiger charge is 2.33. The van der Waals surface area contributed by atoms with Crippen molar-refractivity contribution in [2.75, 3.05) is 0 Å². The van der Waals surface area contributed by atoms with Crippen LogP contribution in [-0.2, 0) is 17.3 Å². The number of rotatable bonds is 7. The smallest absolute Gasteiger partial charge is 0.205 e. The molecule has 0 saturated carbocycles. The van der Waals surface area contributed by atoms with Gasteiger partial charge in [-0.1, -0.05) is 73.8 Å². The van der Waals surface area contributed by atoms with Gasteiger partial charge in [-0.2, -0.15) is 0 Å². The summed E-state index contributed by atoms with van der Waals surface area (Å²) in [5.74, 6) is 0. The Morgan fingerprint density at radius 3 is 2.32 bits per heavy atom. The number of hydrogen-bond donors (Lipinski definition) is 0. The second kappa shape index (κ2) is 9.97. The molecule has 1 radical (unpaired) electrons. The van der Waals surface area contributed by atoms with Crippen LogP contribution in [0.5, 0.6) is 0 Å². The Morgan fingerprint density at radius 1 is 1.06 bits per heavy atom. The summed E-state index contributed by atoms with van der Waals surface area (Å²) in [5, 5.41) is 1.25. The molecule has 0 aliphatic heterocycles. The fourth-order valence-corrected chi connectivity index (χ4v) is 5.35. The monoisotopic (exact) mass is 496 g/mol. The molecule has 2 aromatic carbocycles. The van der Waals surface area contributed by atoms with Crippen molar-refractivity contribution >= 4 is 35.9 Å². The molecule has 0 aliphatic carbocycles. The van der Waals surface area contributed by atoms with E-state index in [1.54, 1.807) is 0 Å². The first-order valence-electron chi connectivity index (χ1n) is 11.2. The molecular formula is C27H35BrNOSi. The van der Waals surface area contributed by atoms with E-state index in [-0.39, 0.29) is 11.5 Å². The molecule has 2 nitrogen and oxygen atoms in total. The Morgan fingerprint density at radius 2 is 1.74 bits per heavy atom. The van der Waals surface area contributed by atoms with Gasteiger partial charge in [0, 0.05) is 15.6 Å². The van der Waals surface area contributed by atoms with Crippen LogP contribution in [0.3, 0.4) is 0 Å². The Hall–Kier alpha value is -1.49. The van der Waals surface area contributed by atoms with Gasteiger partial charge in [0.25, 0.3) is 0 Å². The minimum atomic E-state index is -0.886. The van der Waals surface area contributed by atoms with Crippen LogP contribution >= 0.6 is 15.9 Å². The number of fused-ring (bicyclic) bond motifs is 1. The van der Waals surface area contributed by atoms with Crippen LogP contribution < -0.4 is 0 Å². The predicted molar refractivity (Wildman–Crippen MR) is 138 cm³/mol. The second-order valence-corrected chi connectivity index (χ2v) is 12.8. The third-order valence-corrected chi connectivity index (χ3v) is 6.79. The topological polar surface area (TPSA) is 22.1 Å². The van der Waals surface area contributed by atoms with Crippen LogP contribution in [0.4, 0.5) is 0 Å². The zero-order valence-electron chi connectivity index (χ0n) is 20.0. The number of hydrogen-bond acceptors (Lipinski definition) is 2. The van der Waals surface area contributed by atoms with Crippen molar-refractivity contribution in [2.45, 2.75) is 73.1 Å². The highest BCUT2D eigenvalue weighted by atomic mass is 79.9. The van der Waals surface area contributed by atoms with Crippen molar-refractivity contribution in [1.29, 1.82) is 0 Å². The number of pyridine rings is 1. The van der Waals surface area contributed by atoms with Crippen LogP contribution in [0.25, 0.3) is 10.9 Å². The minimum absolute atomic E-state index is 0.0160. The molecule has 0 bridgehead atoms. The lowest BCUT2D eigenvalue weighted by atomic mass is 9.79. The average Bonchev–Trinajstić information content (AvgIpc) is 2.68. The van der Waals surface area contributed by atoms with Gasteiger partial charge in [0.15, 0.2) is 0 Å². The van der Waals surface area contributed by atoms with Crippen molar-refractivity contribution in [3.8, 4) is 0 Å². The van der Waals surface area contributed by atoms with Gasteiger partial charge in [-0.15, -0.1) is 0 Å². The molecule has 0 spiro atoms. The molecule has 1 atom stereocenters. The molecule has 0 amide bonds. The number of halogens is 1. The van der Waals surface area contributed by atoms with Crippen molar-refractivity contribution in [3.63, 3.8) is 0 Å². The molecule has 1 heterocycles. The van der Waals surface area contributed by atoms with E-state index in [1.165, 1.54) is 33.3 Å². The first-order valence-corrected chi connectivity index (χ1v) is 14.4. The summed E-state index contributed by atoms with van der Waals surface area (Å²) in [6, 6.07) is 15.3. The quantitative estimate of drug-likeness (QED) is 0.307. The normalized spacial score (nSPS) is 13.2. The van der Waals surface area contributed by atoms with Crippen molar-refractivity contribution < 1.29 is 4.43 Å². The van der Waals surface area contributed by atoms with Gasteiger partial charge in [0.2, 0.25) is 9.04 Å². The fraction of sp³-hybridized carbons (Fsp3) is 0.444. The number of aryl methyl sites for hydroxylation is 2. The maximum absolute atomic E-state index is 6.75. The molecule has 0 saturated heterocycles. The van der Waals surface area contributed by atoms with E-state index in [9.17, 15) is 0 Å². The van der Waals surface area contributed by atoms with E-state index in [2.05, 4.69) is 106 Å². The number of aromatic nitrogens is 1. The third kappa shape index (κ3) is 5.85. The molecule has 0 N–H and O–H groups in total. The van der Waals surface area contributed by atoms with Crippen LogP contribution in [-0.4, -0.2) is 14.0 Å². The average molecular weight is 498 g/mol. The summed E-state index contributed by atoms with van der Waals surface area (Å²) in [6.07, 6.45) is 2.97. The molecule has 0 aliphatic rings. The summed E-state index contributed by atoms with van der Waals surface area (Å²) >= 11 is 3.57. The molecule has 3 aromatic rings. The first-order chi connectivity index (χ1) is 14.6. The first kappa shape index (κ1) is 24.2. The Balaban J connectivity index is 2.34. The molecule has 4 heteroatoms. The van der Waals surface area contributed by atoms with E-state index in [0.29, 0.717) is 0 Å². The van der Waals surface area contributed by atoms with Crippen LogP contribution in [0.15, 0.2) is 46.9 Å². The van der Waals surface area contributed by atoms with Crippen LogP contribution in [0.2, 0.25) is 13.1 Å². The Bertz CT molecular complexity index is 1040. The summed E-state index contributed by atoms with van der Waals surface area (Å²) in [4.78, 5) is 5.17. The highest BCUT2D eigenvalue weighted by molar-refractivity contribution is 9.10. The maximum atomic E-state index is 6.75. The lowest BCUT2D eigenvalue weighted by Crippen LogP contribution is -2.28. The highest BCUT2D eigenvalue weighted by Crippen LogP contribution is 2.43. The van der Waals surface area contributed by atoms with Gasteiger partial charge in [-0.25, -0.2) is 0 Å². The van der Waals surface area contributed by atoms with Crippen LogP contribution in [0, 0.1) is 12.3 Å². The largest absolute Gasteiger partial charge is 0.410 e. The Kier molecular flexibility index (Phi) is 7.77. The summed E-state index contributed by atoms with van der Waals surface area (Å²) in [5.41, 5.74) is 7.56. The van der Waals surface area contributed by atoms with Gasteiger partial charge in [-0.3, -0.25) is 4.98 Å². The lowest BCUT2D eigenvalue weighted by Gasteiger charge is -2.35.